The van der Waals surface area contributed by atoms with Crippen LogP contribution in [0.25, 0.3) is 0 Å². The van der Waals surface area contributed by atoms with Crippen LogP contribution >= 0.6 is 0 Å². The minimum atomic E-state index is -0.547. The lowest BCUT2D eigenvalue weighted by molar-refractivity contribution is -0.122. The number of nitrogen functional groups attached to an aromatic ring is 1. The molecule has 0 aromatic carbocycles. The molecular formula is C14H20N6O4. The quantitative estimate of drug-likeness (QED) is 0.587. The van der Waals surface area contributed by atoms with Crippen LogP contribution in [0, 0.1) is 0 Å². The van der Waals surface area contributed by atoms with E-state index in [4.69, 9.17) is 15.6 Å². The lowest BCUT2D eigenvalue weighted by Crippen LogP contribution is -2.23. The Labute approximate surface area is 138 Å². The van der Waals surface area contributed by atoms with Gasteiger partial charge < -0.3 is 25.0 Å². The molecule has 0 aliphatic carbocycles. The first kappa shape index (κ1) is 18.9. The van der Waals surface area contributed by atoms with E-state index in [9.17, 15) is 4.79 Å². The normalized spacial score (nSPS) is 9.62. The van der Waals surface area contributed by atoms with Crippen LogP contribution in [0.15, 0.2) is 18.5 Å². The second-order valence-corrected chi connectivity index (χ2v) is 4.56. The molecule has 0 fully saturated rings. The average Bonchev–Trinajstić information content (AvgIpc) is 3.01. The zero-order valence-electron chi connectivity index (χ0n) is 13.7. The summed E-state index contributed by atoms with van der Waals surface area (Å²) in [6, 6.07) is 1.39. The molecular weight excluding hydrogens is 316 g/mol. The van der Waals surface area contributed by atoms with Crippen molar-refractivity contribution < 1.29 is 19.4 Å². The number of esters is 1. The number of aromatic nitrogens is 4. The number of rotatable bonds is 5. The summed E-state index contributed by atoms with van der Waals surface area (Å²) in [6.45, 7) is 3.12. The van der Waals surface area contributed by atoms with E-state index in [2.05, 4.69) is 19.7 Å². The van der Waals surface area contributed by atoms with Crippen molar-refractivity contribution in [2.24, 2.45) is 0 Å². The van der Waals surface area contributed by atoms with Crippen molar-refractivity contribution in [1.29, 1.82) is 0 Å². The van der Waals surface area contributed by atoms with Crippen LogP contribution in [-0.2, 0) is 22.6 Å². The molecule has 2 rings (SSSR count). The van der Waals surface area contributed by atoms with Gasteiger partial charge in [0.2, 0.25) is 5.95 Å². The van der Waals surface area contributed by atoms with Crippen molar-refractivity contribution in [3.63, 3.8) is 0 Å². The maximum Gasteiger partial charge on any atom is 0.356 e. The molecule has 0 aliphatic heterocycles. The maximum absolute atomic E-state index is 11.6. The first-order valence-electron chi connectivity index (χ1n) is 6.98. The Kier molecular flexibility index (Phi) is 7.14. The summed E-state index contributed by atoms with van der Waals surface area (Å²) in [5.74, 6) is 0.895. The van der Waals surface area contributed by atoms with Crippen LogP contribution < -0.4 is 10.6 Å². The minimum Gasteiger partial charge on any atom is -0.483 e. The number of carbonyl (C=O) groups is 2. The summed E-state index contributed by atoms with van der Waals surface area (Å²) in [5.41, 5.74) is 5.84. The van der Waals surface area contributed by atoms with Gasteiger partial charge in [0.25, 0.3) is 6.47 Å². The predicted octanol–water partition coefficient (Wildman–Crippen LogP) is 0.399. The number of imidazole rings is 1. The van der Waals surface area contributed by atoms with Gasteiger partial charge in [0.05, 0.1) is 13.7 Å². The van der Waals surface area contributed by atoms with E-state index in [1.54, 1.807) is 11.1 Å². The fourth-order valence-electron chi connectivity index (χ4n) is 1.90. The number of methoxy groups -OCH3 is 1. The van der Waals surface area contributed by atoms with Gasteiger partial charge in [-0.3, -0.25) is 4.79 Å². The number of hydrogen-bond donors (Lipinski definition) is 2. The predicted molar refractivity (Wildman–Crippen MR) is 86.5 cm³/mol. The zero-order valence-corrected chi connectivity index (χ0v) is 13.7. The summed E-state index contributed by atoms with van der Waals surface area (Å²) in [7, 11) is 3.10. The molecule has 0 aliphatic rings. The van der Waals surface area contributed by atoms with Gasteiger partial charge in [-0.2, -0.15) is 4.98 Å². The number of aryl methyl sites for hydroxylation is 1. The minimum absolute atomic E-state index is 0.130. The molecule has 130 valence electrons. The molecule has 0 saturated carbocycles. The molecule has 0 bridgehead atoms. The third-order valence-electron chi connectivity index (χ3n) is 2.99. The molecule has 3 N–H and O–H groups in total. The highest BCUT2D eigenvalue weighted by Gasteiger charge is 2.15. The van der Waals surface area contributed by atoms with Gasteiger partial charge in [0, 0.05) is 32.1 Å². The van der Waals surface area contributed by atoms with Crippen LogP contribution in [0.1, 0.15) is 23.2 Å². The van der Waals surface area contributed by atoms with Gasteiger partial charge in [0.15, 0.2) is 5.69 Å². The molecule has 0 unspecified atom stereocenters. The SMILES string of the molecule is CCn1ccnc1CN(C)c1nc(N)cc(C(=O)OC)n1.O=CO. The summed E-state index contributed by atoms with van der Waals surface area (Å²) < 4.78 is 6.67. The first-order valence-corrected chi connectivity index (χ1v) is 6.98. The molecule has 10 heteroatoms. The second-order valence-electron chi connectivity index (χ2n) is 4.56. The van der Waals surface area contributed by atoms with Gasteiger partial charge in [-0.15, -0.1) is 0 Å². The maximum atomic E-state index is 11.6. The molecule has 2 aromatic rings. The highest BCUT2D eigenvalue weighted by molar-refractivity contribution is 5.88. The van der Waals surface area contributed by atoms with Crippen molar-refractivity contribution in [3.8, 4) is 0 Å². The van der Waals surface area contributed by atoms with E-state index in [1.807, 2.05) is 24.7 Å². The molecule has 0 radical (unpaired) electrons. The molecule has 2 aromatic heterocycles. The van der Waals surface area contributed by atoms with E-state index < -0.39 is 5.97 Å². The Bertz CT molecular complexity index is 688. The Balaban J connectivity index is 0.000000891. The summed E-state index contributed by atoms with van der Waals surface area (Å²) in [6.07, 6.45) is 3.65. The van der Waals surface area contributed by atoms with Crippen molar-refractivity contribution in [2.45, 2.75) is 20.0 Å². The van der Waals surface area contributed by atoms with Crippen LogP contribution in [0.4, 0.5) is 11.8 Å². The Morgan fingerprint density at radius 1 is 1.50 bits per heavy atom. The number of ether oxygens (including phenoxy) is 1. The van der Waals surface area contributed by atoms with Gasteiger partial charge in [-0.1, -0.05) is 0 Å². The second kappa shape index (κ2) is 9.08. The third-order valence-corrected chi connectivity index (χ3v) is 2.99. The third kappa shape index (κ3) is 4.93. The van der Waals surface area contributed by atoms with Gasteiger partial charge in [-0.05, 0) is 6.92 Å². The summed E-state index contributed by atoms with van der Waals surface area (Å²) in [4.78, 5) is 34.3. The highest BCUT2D eigenvalue weighted by atomic mass is 16.5. The van der Waals surface area contributed by atoms with Crippen molar-refractivity contribution in [3.05, 3.63) is 30.0 Å². The highest BCUT2D eigenvalue weighted by Crippen LogP contribution is 2.13. The monoisotopic (exact) mass is 336 g/mol. The number of anilines is 2. The van der Waals surface area contributed by atoms with Crippen LogP contribution in [0.5, 0.6) is 0 Å². The lowest BCUT2D eigenvalue weighted by atomic mass is 10.4. The number of carboxylic acid groups (broad SMARTS) is 1. The number of nitrogens with zero attached hydrogens (tertiary/aromatic N) is 5. The molecule has 0 saturated heterocycles. The van der Waals surface area contributed by atoms with Gasteiger partial charge in [0.1, 0.15) is 11.6 Å². The van der Waals surface area contributed by atoms with Crippen molar-refractivity contribution in [1.82, 2.24) is 19.5 Å². The standard InChI is InChI=1S/C13H18N6O2.CH2O2/c1-4-19-6-5-15-11(19)8-18(2)13-16-9(12(20)21-3)7-10(14)17-13;2-1-3/h5-7H,4,8H2,1-3H3,(H2,14,16,17);1H,(H,2,3). The van der Waals surface area contributed by atoms with Crippen LogP contribution in [0.3, 0.4) is 0 Å². The molecule has 2 heterocycles. The molecule has 24 heavy (non-hydrogen) atoms. The lowest BCUT2D eigenvalue weighted by Gasteiger charge is -2.18. The molecule has 10 nitrogen and oxygen atoms in total. The number of carbonyl (C=O) groups excluding carboxylic acids is 1. The Morgan fingerprint density at radius 3 is 2.75 bits per heavy atom. The average molecular weight is 336 g/mol. The van der Waals surface area contributed by atoms with E-state index in [1.165, 1.54) is 13.2 Å². The Hall–Kier alpha value is -3.17. The Morgan fingerprint density at radius 2 is 2.17 bits per heavy atom. The fourth-order valence-corrected chi connectivity index (χ4v) is 1.90. The smallest absolute Gasteiger partial charge is 0.356 e. The van der Waals surface area contributed by atoms with Crippen LogP contribution in [-0.4, -0.2) is 51.2 Å². The molecule has 0 spiro atoms. The summed E-state index contributed by atoms with van der Waals surface area (Å²) >= 11 is 0. The molecule has 0 atom stereocenters. The topological polar surface area (TPSA) is 136 Å². The summed E-state index contributed by atoms with van der Waals surface area (Å²) in [5, 5.41) is 6.89. The van der Waals surface area contributed by atoms with E-state index >= 15 is 0 Å². The van der Waals surface area contributed by atoms with E-state index in [0.29, 0.717) is 12.5 Å². The van der Waals surface area contributed by atoms with Crippen molar-refractivity contribution >= 4 is 24.2 Å². The number of nitrogens with two attached hydrogens (primary N) is 1. The van der Waals surface area contributed by atoms with E-state index in [-0.39, 0.29) is 18.0 Å². The number of hydrogen-bond acceptors (Lipinski definition) is 8. The van der Waals surface area contributed by atoms with Crippen molar-refractivity contribution in [2.75, 3.05) is 24.8 Å². The van der Waals surface area contributed by atoms with Crippen LogP contribution in [0.2, 0.25) is 0 Å². The fraction of sp³-hybridized carbons (Fsp3) is 0.357. The van der Waals surface area contributed by atoms with E-state index in [0.717, 1.165) is 12.4 Å². The largest absolute Gasteiger partial charge is 0.483 e. The first-order chi connectivity index (χ1) is 11.5. The zero-order chi connectivity index (χ0) is 18.1. The molecule has 0 amide bonds. The van der Waals surface area contributed by atoms with Gasteiger partial charge in [-0.25, -0.2) is 14.8 Å². The van der Waals surface area contributed by atoms with Gasteiger partial charge >= 0.3 is 5.97 Å².